The SMILES string of the molecule is COc1ccc(C(=O)N[C@@H](NC(=S)Nc2cccc(C(=O)O)c2)C(Cl)(Cl)Cl)cc1OC. The highest BCUT2D eigenvalue weighted by atomic mass is 35.6. The van der Waals surface area contributed by atoms with Crippen molar-refractivity contribution in [2.45, 2.75) is 9.96 Å². The standard InChI is InChI=1S/C19H18Cl3N3O5S/c1-29-13-7-6-10(9-14(13)30-2)15(26)24-17(19(20,21)22)25-18(31)23-12-5-3-4-11(8-12)16(27)28/h3-9,17H,1-2H3,(H,24,26)(H,27,28)(H2,23,25,31)/t17-/m0/s1. The zero-order chi connectivity index (χ0) is 23.2. The smallest absolute Gasteiger partial charge is 0.335 e. The first-order valence-corrected chi connectivity index (χ1v) is 10.1. The molecule has 0 bridgehead atoms. The fraction of sp³-hybridized carbons (Fsp3) is 0.211. The van der Waals surface area contributed by atoms with Gasteiger partial charge in [0, 0.05) is 11.3 Å². The van der Waals surface area contributed by atoms with Gasteiger partial charge >= 0.3 is 5.97 Å². The number of carboxylic acid groups (broad SMARTS) is 1. The molecule has 0 aliphatic rings. The molecule has 166 valence electrons. The molecule has 2 aromatic carbocycles. The first-order valence-electron chi connectivity index (χ1n) is 8.55. The van der Waals surface area contributed by atoms with E-state index in [9.17, 15) is 9.59 Å². The van der Waals surface area contributed by atoms with Gasteiger partial charge in [0.1, 0.15) is 6.17 Å². The largest absolute Gasteiger partial charge is 0.493 e. The number of methoxy groups -OCH3 is 2. The van der Waals surface area contributed by atoms with E-state index in [2.05, 4.69) is 16.0 Å². The first kappa shape index (κ1) is 24.8. The lowest BCUT2D eigenvalue weighted by Crippen LogP contribution is -2.56. The maximum absolute atomic E-state index is 12.7. The monoisotopic (exact) mass is 505 g/mol. The first-order chi connectivity index (χ1) is 14.5. The topological polar surface area (TPSA) is 109 Å². The van der Waals surface area contributed by atoms with Crippen molar-refractivity contribution in [3.05, 3.63) is 53.6 Å². The van der Waals surface area contributed by atoms with E-state index in [0.717, 1.165) is 0 Å². The minimum absolute atomic E-state index is 0.00789. The molecular formula is C19H18Cl3N3O5S. The number of carbonyl (C=O) groups is 2. The number of carboxylic acids is 1. The van der Waals surface area contributed by atoms with Crippen LogP contribution in [0.25, 0.3) is 0 Å². The van der Waals surface area contributed by atoms with Crippen LogP contribution in [-0.2, 0) is 0 Å². The minimum Gasteiger partial charge on any atom is -0.493 e. The number of thiocarbonyl (C=S) groups is 1. The summed E-state index contributed by atoms with van der Waals surface area (Å²) in [7, 11) is 2.91. The summed E-state index contributed by atoms with van der Waals surface area (Å²) in [5, 5.41) is 17.1. The average molecular weight is 507 g/mol. The molecule has 0 spiro atoms. The number of halogens is 3. The third-order valence-electron chi connectivity index (χ3n) is 3.89. The Bertz CT molecular complexity index is 985. The molecule has 0 aliphatic carbocycles. The lowest BCUT2D eigenvalue weighted by molar-refractivity contribution is 0.0696. The molecule has 0 heterocycles. The maximum atomic E-state index is 12.7. The average Bonchev–Trinajstić information content (AvgIpc) is 2.72. The fourth-order valence-corrected chi connectivity index (χ4v) is 2.98. The molecule has 8 nitrogen and oxygen atoms in total. The zero-order valence-electron chi connectivity index (χ0n) is 16.2. The Hall–Kier alpha value is -2.46. The summed E-state index contributed by atoms with van der Waals surface area (Å²) in [5.74, 6) is -0.863. The van der Waals surface area contributed by atoms with E-state index in [1.807, 2.05) is 0 Å². The second-order valence-electron chi connectivity index (χ2n) is 6.00. The van der Waals surface area contributed by atoms with Crippen molar-refractivity contribution in [1.82, 2.24) is 10.6 Å². The number of hydrogen-bond acceptors (Lipinski definition) is 5. The number of anilines is 1. The van der Waals surface area contributed by atoms with Crippen molar-refractivity contribution in [3.8, 4) is 11.5 Å². The van der Waals surface area contributed by atoms with E-state index in [4.69, 9.17) is 61.6 Å². The van der Waals surface area contributed by atoms with Crippen LogP contribution in [0, 0.1) is 0 Å². The van der Waals surface area contributed by atoms with Gasteiger partial charge in [0.05, 0.1) is 19.8 Å². The van der Waals surface area contributed by atoms with Crippen molar-refractivity contribution < 1.29 is 24.2 Å². The van der Waals surface area contributed by atoms with Crippen LogP contribution in [0.2, 0.25) is 0 Å². The van der Waals surface area contributed by atoms with Crippen molar-refractivity contribution in [2.24, 2.45) is 0 Å². The third-order valence-corrected chi connectivity index (χ3v) is 4.77. The van der Waals surface area contributed by atoms with Crippen molar-refractivity contribution in [2.75, 3.05) is 19.5 Å². The van der Waals surface area contributed by atoms with E-state index in [-0.39, 0.29) is 16.2 Å². The van der Waals surface area contributed by atoms with Gasteiger partial charge in [-0.15, -0.1) is 0 Å². The number of aromatic carboxylic acids is 1. The number of ether oxygens (including phenoxy) is 2. The highest BCUT2D eigenvalue weighted by Crippen LogP contribution is 2.30. The highest BCUT2D eigenvalue weighted by Gasteiger charge is 2.35. The van der Waals surface area contributed by atoms with Crippen molar-refractivity contribution >= 4 is 69.7 Å². The molecule has 1 amide bonds. The van der Waals surface area contributed by atoms with Gasteiger partial charge in [-0.3, -0.25) is 4.79 Å². The van der Waals surface area contributed by atoms with Crippen LogP contribution in [-0.4, -0.2) is 46.3 Å². The van der Waals surface area contributed by atoms with Gasteiger partial charge in [0.2, 0.25) is 3.79 Å². The van der Waals surface area contributed by atoms with Gasteiger partial charge in [-0.05, 0) is 48.6 Å². The zero-order valence-corrected chi connectivity index (χ0v) is 19.3. The summed E-state index contributed by atoms with van der Waals surface area (Å²) in [4.78, 5) is 23.8. The lowest BCUT2D eigenvalue weighted by Gasteiger charge is -2.28. The number of nitrogens with one attached hydrogen (secondary N) is 3. The molecule has 0 saturated carbocycles. The molecule has 0 aromatic heterocycles. The quantitative estimate of drug-likeness (QED) is 0.255. The third kappa shape index (κ3) is 7.03. The summed E-state index contributed by atoms with van der Waals surface area (Å²) >= 11 is 23.2. The molecule has 0 aliphatic heterocycles. The molecule has 12 heteroatoms. The summed E-state index contributed by atoms with van der Waals surface area (Å²) < 4.78 is 8.36. The minimum atomic E-state index is -1.97. The molecular weight excluding hydrogens is 489 g/mol. The summed E-state index contributed by atoms with van der Waals surface area (Å²) in [6.07, 6.45) is -1.22. The predicted molar refractivity (Wildman–Crippen MR) is 124 cm³/mol. The number of amides is 1. The van der Waals surface area contributed by atoms with Crippen LogP contribution in [0.15, 0.2) is 42.5 Å². The van der Waals surface area contributed by atoms with Gasteiger partial charge in [-0.2, -0.15) is 0 Å². The van der Waals surface area contributed by atoms with E-state index < -0.39 is 21.8 Å². The van der Waals surface area contributed by atoms with Gasteiger partial charge in [-0.25, -0.2) is 4.79 Å². The second kappa shape index (κ2) is 10.7. The molecule has 0 unspecified atom stereocenters. The van der Waals surface area contributed by atoms with Crippen LogP contribution in [0.3, 0.4) is 0 Å². The molecule has 2 aromatic rings. The Morgan fingerprint density at radius 1 is 1.00 bits per heavy atom. The van der Waals surface area contributed by atoms with Gasteiger partial charge in [0.25, 0.3) is 5.91 Å². The number of rotatable bonds is 7. The number of carbonyl (C=O) groups excluding carboxylic acids is 1. The molecule has 0 radical (unpaired) electrons. The summed E-state index contributed by atoms with van der Waals surface area (Å²) in [6, 6.07) is 10.5. The van der Waals surface area contributed by atoms with Crippen molar-refractivity contribution in [3.63, 3.8) is 0 Å². The highest BCUT2D eigenvalue weighted by molar-refractivity contribution is 7.80. The summed E-state index contributed by atoms with van der Waals surface area (Å²) in [5.41, 5.74) is 0.686. The maximum Gasteiger partial charge on any atom is 0.335 e. The van der Waals surface area contributed by atoms with Crippen LogP contribution < -0.4 is 25.4 Å². The fourth-order valence-electron chi connectivity index (χ4n) is 2.42. The number of alkyl halides is 3. The number of benzene rings is 2. The van der Waals surface area contributed by atoms with Gasteiger partial charge in [0.15, 0.2) is 16.6 Å². The molecule has 31 heavy (non-hydrogen) atoms. The van der Waals surface area contributed by atoms with Crippen molar-refractivity contribution in [1.29, 1.82) is 0 Å². The normalized spacial score (nSPS) is 11.8. The Morgan fingerprint density at radius 2 is 1.68 bits per heavy atom. The molecule has 0 saturated heterocycles. The van der Waals surface area contributed by atoms with E-state index in [1.165, 1.54) is 38.5 Å². The van der Waals surface area contributed by atoms with Crippen LogP contribution >= 0.6 is 47.0 Å². The predicted octanol–water partition coefficient (Wildman–Crippen LogP) is 3.81. The Labute approximate surface area is 198 Å². The Balaban J connectivity index is 2.13. The summed E-state index contributed by atoms with van der Waals surface area (Å²) in [6.45, 7) is 0. The second-order valence-corrected chi connectivity index (χ2v) is 8.78. The number of hydrogen-bond donors (Lipinski definition) is 4. The van der Waals surface area contributed by atoms with Gasteiger partial charge in [-0.1, -0.05) is 40.9 Å². The van der Waals surface area contributed by atoms with E-state index in [0.29, 0.717) is 17.2 Å². The molecule has 1 atom stereocenters. The molecule has 0 fully saturated rings. The molecule has 4 N–H and O–H groups in total. The Kier molecular flexibility index (Phi) is 8.58. The van der Waals surface area contributed by atoms with Gasteiger partial charge < -0.3 is 30.5 Å². The van der Waals surface area contributed by atoms with Crippen LogP contribution in [0.4, 0.5) is 5.69 Å². The van der Waals surface area contributed by atoms with Crippen LogP contribution in [0.5, 0.6) is 11.5 Å². The lowest BCUT2D eigenvalue weighted by atomic mass is 10.2. The van der Waals surface area contributed by atoms with E-state index >= 15 is 0 Å². The van der Waals surface area contributed by atoms with Crippen LogP contribution in [0.1, 0.15) is 20.7 Å². The Morgan fingerprint density at radius 3 is 2.26 bits per heavy atom. The van der Waals surface area contributed by atoms with E-state index in [1.54, 1.807) is 18.2 Å². The molecule has 2 rings (SSSR count).